The van der Waals surface area contributed by atoms with Gasteiger partial charge in [0, 0.05) is 23.1 Å². The molecular weight excluding hydrogens is 334 g/mol. The number of nitrogens with one attached hydrogen (secondary N) is 1. The molecule has 0 amide bonds. The zero-order valence-electron chi connectivity index (χ0n) is 14.1. The zero-order valence-corrected chi connectivity index (χ0v) is 14.1. The Morgan fingerprint density at radius 3 is 2.72 bits per heavy atom. The Balaban J connectivity index is 1.92. The highest BCUT2D eigenvalue weighted by Gasteiger charge is 2.55. The molecule has 11 nitrogen and oxygen atoms in total. The molecule has 3 heterocycles. The summed E-state index contributed by atoms with van der Waals surface area (Å²) in [6, 6.07) is 0. The van der Waals surface area contributed by atoms with Gasteiger partial charge in [0.25, 0.3) is 5.56 Å². The molecule has 0 radical (unpaired) electrons. The number of H-pyrrole nitrogens is 1. The van der Waals surface area contributed by atoms with Crippen molar-refractivity contribution in [3.8, 4) is 0 Å². The zero-order chi connectivity index (χ0) is 18.2. The van der Waals surface area contributed by atoms with E-state index in [9.17, 15) is 9.59 Å². The minimum atomic E-state index is -1.03. The Labute approximate surface area is 142 Å². The molecule has 2 fully saturated rings. The Morgan fingerprint density at radius 2 is 2.08 bits per heavy atom. The van der Waals surface area contributed by atoms with Gasteiger partial charge < -0.3 is 19.0 Å². The Morgan fingerprint density at radius 1 is 1.40 bits per heavy atom. The standard InChI is InChI=1S/C14H19N5O6/c1-8-5-19(12(21)16-11(8)20)10-4-9(25-18-17-15)14(24-10)6-22-13(2,3)23-7-14/h5,9-10H,4,6-7H2,1-3H3,(H,16,20,21)/t9-,10+/m0/s1. The van der Waals surface area contributed by atoms with Gasteiger partial charge in [0.15, 0.2) is 11.4 Å². The molecule has 0 saturated carbocycles. The molecule has 11 heteroatoms. The van der Waals surface area contributed by atoms with E-state index in [0.29, 0.717) is 5.56 Å². The van der Waals surface area contributed by atoms with Crippen LogP contribution in [-0.4, -0.2) is 40.3 Å². The van der Waals surface area contributed by atoms with Crippen LogP contribution in [0.3, 0.4) is 0 Å². The second kappa shape index (κ2) is 6.19. The average Bonchev–Trinajstić information content (AvgIpc) is 2.90. The summed E-state index contributed by atoms with van der Waals surface area (Å²) in [5, 5.41) is 3.17. The number of aryl methyl sites for hydroxylation is 1. The fraction of sp³-hybridized carbons (Fsp3) is 0.714. The van der Waals surface area contributed by atoms with Crippen molar-refractivity contribution in [2.45, 2.75) is 50.9 Å². The fourth-order valence-electron chi connectivity index (χ4n) is 2.91. The van der Waals surface area contributed by atoms with E-state index in [0.717, 1.165) is 0 Å². The topological polar surface area (TPSA) is 141 Å². The van der Waals surface area contributed by atoms with Gasteiger partial charge in [-0.25, -0.2) is 4.79 Å². The predicted octanol–water partition coefficient (Wildman–Crippen LogP) is 0.896. The Hall–Kier alpha value is -2.33. The monoisotopic (exact) mass is 353 g/mol. The number of aromatic nitrogens is 2. The first-order valence-corrected chi connectivity index (χ1v) is 7.74. The normalized spacial score (nSPS) is 27.0. The first-order chi connectivity index (χ1) is 11.8. The number of rotatable bonds is 3. The fourth-order valence-corrected chi connectivity index (χ4v) is 2.91. The van der Waals surface area contributed by atoms with Crippen LogP contribution in [-0.2, 0) is 19.0 Å². The summed E-state index contributed by atoms with van der Waals surface area (Å²) >= 11 is 0. The molecule has 3 rings (SSSR count). The van der Waals surface area contributed by atoms with Crippen molar-refractivity contribution in [3.63, 3.8) is 0 Å². The molecule has 2 atom stereocenters. The van der Waals surface area contributed by atoms with Crippen LogP contribution in [0.25, 0.3) is 10.4 Å². The summed E-state index contributed by atoms with van der Waals surface area (Å²) in [5.74, 6) is -0.777. The van der Waals surface area contributed by atoms with Crippen molar-refractivity contribution >= 4 is 0 Å². The van der Waals surface area contributed by atoms with E-state index in [1.165, 1.54) is 10.8 Å². The maximum Gasteiger partial charge on any atom is 0.330 e. The summed E-state index contributed by atoms with van der Waals surface area (Å²) < 4.78 is 18.6. The lowest BCUT2D eigenvalue weighted by Crippen LogP contribution is -2.56. The maximum absolute atomic E-state index is 12.1. The summed E-state index contributed by atoms with van der Waals surface area (Å²) in [7, 11) is 0. The van der Waals surface area contributed by atoms with Crippen LogP contribution in [0.1, 0.15) is 32.1 Å². The van der Waals surface area contributed by atoms with Crippen LogP contribution in [0.2, 0.25) is 0 Å². The van der Waals surface area contributed by atoms with E-state index in [1.807, 2.05) is 0 Å². The molecule has 2 saturated heterocycles. The molecule has 25 heavy (non-hydrogen) atoms. The minimum absolute atomic E-state index is 0.138. The van der Waals surface area contributed by atoms with Crippen LogP contribution in [0.4, 0.5) is 0 Å². The number of azide groups is 1. The Kier molecular flexibility index (Phi) is 4.33. The van der Waals surface area contributed by atoms with E-state index < -0.39 is 35.0 Å². The summed E-state index contributed by atoms with van der Waals surface area (Å²) in [6.07, 6.45) is 0.237. The highest BCUT2D eigenvalue weighted by atomic mass is 16.7. The van der Waals surface area contributed by atoms with Crippen LogP contribution in [0, 0.1) is 6.92 Å². The van der Waals surface area contributed by atoms with Crippen molar-refractivity contribution in [1.29, 1.82) is 0 Å². The summed E-state index contributed by atoms with van der Waals surface area (Å²) in [4.78, 5) is 33.7. The molecule has 2 aliphatic rings. The van der Waals surface area contributed by atoms with E-state index in [-0.39, 0.29) is 19.6 Å². The van der Waals surface area contributed by atoms with Crippen LogP contribution >= 0.6 is 0 Å². The third kappa shape index (κ3) is 3.27. The summed E-state index contributed by atoms with van der Waals surface area (Å²) in [6.45, 7) is 5.40. The van der Waals surface area contributed by atoms with Gasteiger partial charge in [-0.15, -0.1) is 0 Å². The average molecular weight is 353 g/mol. The summed E-state index contributed by atoms with van der Waals surface area (Å²) in [5.41, 5.74) is 6.81. The highest BCUT2D eigenvalue weighted by molar-refractivity contribution is 5.04. The maximum atomic E-state index is 12.1. The van der Waals surface area contributed by atoms with Crippen molar-refractivity contribution in [1.82, 2.24) is 9.55 Å². The Bertz CT molecular complexity index is 814. The first kappa shape index (κ1) is 17.5. The largest absolute Gasteiger partial charge is 0.427 e. The molecule has 136 valence electrons. The molecule has 0 unspecified atom stereocenters. The van der Waals surface area contributed by atoms with E-state index >= 15 is 0 Å². The van der Waals surface area contributed by atoms with Crippen molar-refractivity contribution in [3.05, 3.63) is 43.0 Å². The number of nitrogens with zero attached hydrogens (tertiary/aromatic N) is 4. The van der Waals surface area contributed by atoms with Crippen molar-refractivity contribution in [2.24, 2.45) is 5.28 Å². The van der Waals surface area contributed by atoms with Crippen LogP contribution in [0.5, 0.6) is 0 Å². The molecule has 0 aromatic carbocycles. The number of hydrogen-bond donors (Lipinski definition) is 1. The third-order valence-electron chi connectivity index (χ3n) is 4.37. The van der Waals surface area contributed by atoms with Gasteiger partial charge in [0.05, 0.1) is 13.2 Å². The molecule has 0 aliphatic carbocycles. The SMILES string of the molecule is Cc1cn([C@H]2C[C@H](ON=[N+]=[N-])C3(COC(C)(C)OC3)O2)c(=O)[nH]c1=O. The number of hydrogen-bond acceptors (Lipinski definition) is 7. The highest BCUT2D eigenvalue weighted by Crippen LogP contribution is 2.42. The van der Waals surface area contributed by atoms with Gasteiger partial charge >= 0.3 is 5.69 Å². The first-order valence-electron chi connectivity index (χ1n) is 7.74. The van der Waals surface area contributed by atoms with Gasteiger partial charge in [0.1, 0.15) is 17.6 Å². The van der Waals surface area contributed by atoms with E-state index in [1.54, 1.807) is 20.8 Å². The number of ether oxygens (including phenoxy) is 3. The second-order valence-corrected chi connectivity index (χ2v) is 6.59. The molecule has 1 spiro atoms. The minimum Gasteiger partial charge on any atom is -0.427 e. The van der Waals surface area contributed by atoms with Gasteiger partial charge in [-0.1, -0.05) is 0 Å². The molecular formula is C14H19N5O6. The molecule has 1 N–H and O–H groups in total. The van der Waals surface area contributed by atoms with E-state index in [2.05, 4.69) is 15.2 Å². The second-order valence-electron chi connectivity index (χ2n) is 6.59. The van der Waals surface area contributed by atoms with E-state index in [4.69, 9.17) is 24.6 Å². The van der Waals surface area contributed by atoms with Crippen molar-refractivity contribution < 1.29 is 19.0 Å². The van der Waals surface area contributed by atoms with Gasteiger partial charge in [-0.05, 0) is 26.3 Å². The predicted molar refractivity (Wildman–Crippen MR) is 83.5 cm³/mol. The van der Waals surface area contributed by atoms with Crippen LogP contribution in [0.15, 0.2) is 21.1 Å². The molecule has 2 aliphatic heterocycles. The number of aromatic amines is 1. The lowest BCUT2D eigenvalue weighted by molar-refractivity contribution is -0.322. The van der Waals surface area contributed by atoms with Crippen LogP contribution < -0.4 is 11.2 Å². The smallest absolute Gasteiger partial charge is 0.330 e. The van der Waals surface area contributed by atoms with Gasteiger partial charge in [-0.2, -0.15) is 0 Å². The van der Waals surface area contributed by atoms with Gasteiger partial charge in [0.2, 0.25) is 0 Å². The lowest BCUT2D eigenvalue weighted by Gasteiger charge is -2.42. The third-order valence-corrected chi connectivity index (χ3v) is 4.37. The lowest BCUT2D eigenvalue weighted by atomic mass is 9.97. The quantitative estimate of drug-likeness (QED) is 0.370. The van der Waals surface area contributed by atoms with Crippen molar-refractivity contribution in [2.75, 3.05) is 13.2 Å². The molecule has 1 aromatic rings. The molecule has 1 aromatic heterocycles. The van der Waals surface area contributed by atoms with Gasteiger partial charge in [-0.3, -0.25) is 14.3 Å². The molecule has 0 bridgehead atoms.